The highest BCUT2D eigenvalue weighted by Gasteiger charge is 2.28. The Balaban J connectivity index is 2.09. The summed E-state index contributed by atoms with van der Waals surface area (Å²) in [5.74, 6) is 0.0122. The molecule has 112 valence electrons. The molecule has 0 radical (unpaired) electrons. The second-order valence-electron chi connectivity index (χ2n) is 5.18. The van der Waals surface area contributed by atoms with E-state index in [0.29, 0.717) is 24.4 Å². The van der Waals surface area contributed by atoms with Crippen LogP contribution in [0.5, 0.6) is 5.75 Å². The van der Waals surface area contributed by atoms with E-state index in [1.165, 1.54) is 7.11 Å². The van der Waals surface area contributed by atoms with E-state index in [4.69, 9.17) is 15.2 Å². The van der Waals surface area contributed by atoms with Gasteiger partial charge in [-0.1, -0.05) is 12.1 Å². The number of hydrogen-bond acceptors (Lipinski definition) is 4. The van der Waals surface area contributed by atoms with Crippen LogP contribution in [0.1, 0.15) is 18.4 Å². The molecule has 1 aromatic rings. The number of ether oxygens (including phenoxy) is 2. The lowest BCUT2D eigenvalue weighted by molar-refractivity contribution is 0.00983. The van der Waals surface area contributed by atoms with E-state index in [1.807, 2.05) is 6.07 Å². The van der Waals surface area contributed by atoms with Crippen LogP contribution in [-0.4, -0.2) is 44.4 Å². The van der Waals surface area contributed by atoms with Gasteiger partial charge in [-0.15, -0.1) is 0 Å². The van der Waals surface area contributed by atoms with Crippen LogP contribution in [-0.2, 0) is 11.3 Å². The molecular formula is C15H23FN2O2. The minimum atomic E-state index is -0.278. The molecule has 0 saturated carbocycles. The second kappa shape index (κ2) is 7.02. The zero-order valence-electron chi connectivity index (χ0n) is 12.1. The molecule has 0 amide bonds. The monoisotopic (exact) mass is 282 g/mol. The van der Waals surface area contributed by atoms with Gasteiger partial charge in [0.15, 0.2) is 11.6 Å². The Morgan fingerprint density at radius 1 is 1.40 bits per heavy atom. The minimum Gasteiger partial charge on any atom is -0.494 e. The van der Waals surface area contributed by atoms with Crippen LogP contribution < -0.4 is 10.5 Å². The Hall–Kier alpha value is -1.17. The average Bonchev–Trinajstić information content (AvgIpc) is 2.49. The number of nitrogens with zero attached hydrogens (tertiary/aromatic N) is 1. The lowest BCUT2D eigenvalue weighted by Gasteiger charge is -2.38. The number of nitrogens with two attached hydrogens (primary N) is 1. The fourth-order valence-electron chi connectivity index (χ4n) is 2.79. The van der Waals surface area contributed by atoms with Gasteiger partial charge in [0.2, 0.25) is 0 Å². The first-order chi connectivity index (χ1) is 9.69. The van der Waals surface area contributed by atoms with Crippen molar-refractivity contribution in [1.82, 2.24) is 4.90 Å². The number of piperidine rings is 1. The van der Waals surface area contributed by atoms with Gasteiger partial charge in [0.05, 0.1) is 13.2 Å². The average molecular weight is 282 g/mol. The van der Waals surface area contributed by atoms with E-state index in [9.17, 15) is 4.39 Å². The molecule has 1 heterocycles. The van der Waals surface area contributed by atoms with Gasteiger partial charge in [-0.05, 0) is 18.9 Å². The first-order valence-electron chi connectivity index (χ1n) is 6.97. The van der Waals surface area contributed by atoms with Gasteiger partial charge in [-0.25, -0.2) is 4.39 Å². The lowest BCUT2D eigenvalue weighted by atomic mass is 9.98. The van der Waals surface area contributed by atoms with Gasteiger partial charge >= 0.3 is 0 Å². The molecular weight excluding hydrogens is 259 g/mol. The fourth-order valence-corrected chi connectivity index (χ4v) is 2.79. The van der Waals surface area contributed by atoms with E-state index >= 15 is 0 Å². The van der Waals surface area contributed by atoms with Gasteiger partial charge in [-0.2, -0.15) is 0 Å². The summed E-state index contributed by atoms with van der Waals surface area (Å²) in [7, 11) is 3.21. The van der Waals surface area contributed by atoms with Crippen LogP contribution in [0.2, 0.25) is 0 Å². The Bertz CT molecular complexity index is 442. The molecule has 1 aliphatic rings. The Kier molecular flexibility index (Phi) is 5.34. The Morgan fingerprint density at radius 2 is 2.20 bits per heavy atom. The smallest absolute Gasteiger partial charge is 0.169 e. The maximum absolute atomic E-state index is 14.2. The zero-order valence-corrected chi connectivity index (χ0v) is 12.1. The number of halogens is 1. The number of benzene rings is 1. The van der Waals surface area contributed by atoms with Gasteiger partial charge in [0.1, 0.15) is 0 Å². The minimum absolute atomic E-state index is 0.235. The maximum atomic E-state index is 14.2. The van der Waals surface area contributed by atoms with Crippen molar-refractivity contribution in [3.05, 3.63) is 29.6 Å². The van der Waals surface area contributed by atoms with Gasteiger partial charge in [0.25, 0.3) is 0 Å². The van der Waals surface area contributed by atoms with Crippen molar-refractivity contribution in [2.45, 2.75) is 31.5 Å². The Morgan fingerprint density at radius 3 is 2.85 bits per heavy atom. The van der Waals surface area contributed by atoms with Crippen molar-refractivity contribution in [2.24, 2.45) is 5.73 Å². The van der Waals surface area contributed by atoms with E-state index in [-0.39, 0.29) is 18.0 Å². The summed E-state index contributed by atoms with van der Waals surface area (Å²) in [6.45, 7) is 1.99. The molecule has 2 unspecified atom stereocenters. The first kappa shape index (κ1) is 15.2. The summed E-state index contributed by atoms with van der Waals surface area (Å²) in [5.41, 5.74) is 6.49. The molecule has 1 fully saturated rings. The number of likely N-dealkylation sites (tertiary alicyclic amines) is 1. The first-order valence-corrected chi connectivity index (χ1v) is 6.97. The summed E-state index contributed by atoms with van der Waals surface area (Å²) in [6.07, 6.45) is 2.12. The Labute approximate surface area is 119 Å². The number of methoxy groups -OCH3 is 2. The zero-order chi connectivity index (χ0) is 14.5. The van der Waals surface area contributed by atoms with Crippen LogP contribution in [0.4, 0.5) is 4.39 Å². The highest BCUT2D eigenvalue weighted by atomic mass is 19.1. The van der Waals surface area contributed by atoms with Crippen LogP contribution in [0.25, 0.3) is 0 Å². The molecule has 1 aromatic carbocycles. The third kappa shape index (κ3) is 3.29. The fraction of sp³-hybridized carbons (Fsp3) is 0.600. The van der Waals surface area contributed by atoms with Gasteiger partial charge in [0, 0.05) is 38.3 Å². The largest absolute Gasteiger partial charge is 0.494 e. The molecule has 5 heteroatoms. The SMILES string of the molecule is COc1cccc(CN2CCC(OC)CC2CN)c1F. The van der Waals surface area contributed by atoms with Crippen LogP contribution in [0, 0.1) is 5.82 Å². The van der Waals surface area contributed by atoms with Crippen LogP contribution >= 0.6 is 0 Å². The van der Waals surface area contributed by atoms with Crippen molar-refractivity contribution in [1.29, 1.82) is 0 Å². The topological polar surface area (TPSA) is 47.7 Å². The van der Waals surface area contributed by atoms with E-state index in [1.54, 1.807) is 19.2 Å². The molecule has 2 rings (SSSR count). The number of hydrogen-bond donors (Lipinski definition) is 1. The molecule has 2 atom stereocenters. The normalized spacial score (nSPS) is 23.8. The van der Waals surface area contributed by atoms with Crippen molar-refractivity contribution in [3.8, 4) is 5.75 Å². The second-order valence-corrected chi connectivity index (χ2v) is 5.18. The van der Waals surface area contributed by atoms with Gasteiger partial charge < -0.3 is 15.2 Å². The highest BCUT2D eigenvalue weighted by molar-refractivity contribution is 5.31. The third-order valence-corrected chi connectivity index (χ3v) is 4.03. The molecule has 1 aliphatic heterocycles. The number of rotatable bonds is 5. The maximum Gasteiger partial charge on any atom is 0.169 e. The standard InChI is InChI=1S/C15H23FN2O2/c1-19-13-6-7-18(12(8-13)9-17)10-11-4-3-5-14(20-2)15(11)16/h3-5,12-13H,6-10,17H2,1-2H3. The van der Waals surface area contributed by atoms with Crippen LogP contribution in [0.3, 0.4) is 0 Å². The van der Waals surface area contributed by atoms with Crippen molar-refractivity contribution in [3.63, 3.8) is 0 Å². The molecule has 1 saturated heterocycles. The summed E-state index contributed by atoms with van der Waals surface area (Å²) in [6, 6.07) is 5.49. The molecule has 2 N–H and O–H groups in total. The predicted molar refractivity (Wildman–Crippen MR) is 76.2 cm³/mol. The summed E-state index contributed by atoms with van der Waals surface area (Å²) >= 11 is 0. The van der Waals surface area contributed by atoms with E-state index < -0.39 is 0 Å². The van der Waals surface area contributed by atoms with Crippen molar-refractivity contribution >= 4 is 0 Å². The summed E-state index contributed by atoms with van der Waals surface area (Å²) in [4.78, 5) is 2.23. The quantitative estimate of drug-likeness (QED) is 0.894. The molecule has 0 aromatic heterocycles. The van der Waals surface area contributed by atoms with Crippen molar-refractivity contribution < 1.29 is 13.9 Å². The van der Waals surface area contributed by atoms with Gasteiger partial charge in [-0.3, -0.25) is 4.90 Å². The molecule has 0 aliphatic carbocycles. The molecule has 0 spiro atoms. The molecule has 4 nitrogen and oxygen atoms in total. The van der Waals surface area contributed by atoms with E-state index in [2.05, 4.69) is 4.90 Å². The van der Waals surface area contributed by atoms with Crippen molar-refractivity contribution in [2.75, 3.05) is 27.3 Å². The third-order valence-electron chi connectivity index (χ3n) is 4.03. The van der Waals surface area contributed by atoms with E-state index in [0.717, 1.165) is 19.4 Å². The predicted octanol–water partition coefficient (Wildman–Crippen LogP) is 1.77. The molecule has 0 bridgehead atoms. The lowest BCUT2D eigenvalue weighted by Crippen LogP contribution is -2.48. The highest BCUT2D eigenvalue weighted by Crippen LogP contribution is 2.25. The molecule has 20 heavy (non-hydrogen) atoms. The summed E-state index contributed by atoms with van der Waals surface area (Å²) in [5, 5.41) is 0. The summed E-state index contributed by atoms with van der Waals surface area (Å²) < 4.78 is 24.6. The van der Waals surface area contributed by atoms with Crippen LogP contribution in [0.15, 0.2) is 18.2 Å².